The number of allylic oxidation sites excluding steroid dienone is 1. The molecule has 2 aliphatic rings. The Kier molecular flexibility index (Phi) is 10.8. The summed E-state index contributed by atoms with van der Waals surface area (Å²) in [7, 11) is 0. The van der Waals surface area contributed by atoms with Gasteiger partial charge in [-0.25, -0.2) is 9.59 Å². The van der Waals surface area contributed by atoms with Gasteiger partial charge in [0, 0.05) is 12.5 Å². The molecule has 2 rings (SSSR count). The monoisotopic (exact) mass is 519 g/mol. The number of nitrogens with one attached hydrogen (secondary N) is 2. The Morgan fingerprint density at radius 3 is 2.43 bits per heavy atom. The second-order valence-electron chi connectivity index (χ2n) is 11.2. The van der Waals surface area contributed by atoms with E-state index in [1.54, 1.807) is 33.8 Å². The van der Waals surface area contributed by atoms with Crippen LogP contribution in [0.2, 0.25) is 0 Å². The zero-order valence-electron chi connectivity index (χ0n) is 23.1. The number of hydrogen-bond donors (Lipinski definition) is 2. The summed E-state index contributed by atoms with van der Waals surface area (Å²) in [5.74, 6) is -1.32. The molecule has 0 spiro atoms. The number of ether oxygens (including phenoxy) is 2. The predicted octanol–water partition coefficient (Wildman–Crippen LogP) is 3.88. The molecule has 2 fully saturated rings. The van der Waals surface area contributed by atoms with E-state index in [1.165, 1.54) is 4.90 Å². The number of amides is 3. The summed E-state index contributed by atoms with van der Waals surface area (Å²) in [5.41, 5.74) is -1.84. The van der Waals surface area contributed by atoms with E-state index in [0.717, 1.165) is 25.7 Å². The molecule has 9 heteroatoms. The minimum Gasteiger partial charge on any atom is -0.464 e. The number of likely N-dealkylation sites (tertiary alicyclic amines) is 1. The summed E-state index contributed by atoms with van der Waals surface area (Å²) < 4.78 is 10.6. The molecule has 0 aromatic rings. The number of carbonyl (C=O) groups is 4. The van der Waals surface area contributed by atoms with Crippen molar-refractivity contribution >= 4 is 23.9 Å². The molecule has 0 bridgehead atoms. The fraction of sp³-hybridized carbons (Fsp3) is 0.714. The Morgan fingerprint density at radius 2 is 1.86 bits per heavy atom. The number of esters is 1. The molecule has 0 aromatic heterocycles. The molecule has 1 saturated heterocycles. The normalized spacial score (nSPS) is 25.5. The molecule has 0 unspecified atom stereocenters. The van der Waals surface area contributed by atoms with E-state index in [2.05, 4.69) is 23.8 Å². The Bertz CT molecular complexity index is 866. The molecule has 5 atom stereocenters. The average Bonchev–Trinajstić information content (AvgIpc) is 3.39. The largest absolute Gasteiger partial charge is 0.464 e. The first-order valence-corrected chi connectivity index (χ1v) is 13.4. The molecule has 37 heavy (non-hydrogen) atoms. The summed E-state index contributed by atoms with van der Waals surface area (Å²) in [6, 6.07) is -1.57. The van der Waals surface area contributed by atoms with Crippen molar-refractivity contribution in [2.75, 3.05) is 13.2 Å². The Balaban J connectivity index is 2.17. The number of hydrogen-bond acceptors (Lipinski definition) is 6. The van der Waals surface area contributed by atoms with E-state index in [1.807, 2.05) is 13.0 Å². The number of nitrogens with zero attached hydrogens (tertiary/aromatic N) is 1. The van der Waals surface area contributed by atoms with Crippen LogP contribution in [0, 0.1) is 11.8 Å². The first-order chi connectivity index (χ1) is 17.4. The molecule has 1 saturated carbocycles. The highest BCUT2D eigenvalue weighted by Crippen LogP contribution is 2.45. The van der Waals surface area contributed by atoms with Crippen molar-refractivity contribution in [1.82, 2.24) is 15.5 Å². The second kappa shape index (κ2) is 13.1. The molecule has 1 aliphatic carbocycles. The lowest BCUT2D eigenvalue weighted by molar-refractivity contribution is -0.150. The molecule has 9 nitrogen and oxygen atoms in total. The maximum Gasteiger partial charge on any atom is 0.408 e. The minimum atomic E-state index is -1.13. The van der Waals surface area contributed by atoms with Crippen LogP contribution in [0.15, 0.2) is 25.3 Å². The van der Waals surface area contributed by atoms with Gasteiger partial charge >= 0.3 is 12.1 Å². The zero-order chi connectivity index (χ0) is 27.8. The standard InChI is InChI=1S/C28H45N3O6/c1-8-11-12-13-14-15-21(29-26(35)37-27(5,6)7)24(33)31-18-19(4)16-22(31)23(32)30-28(17-20(28)9-2)25(34)36-10-3/h8-9,19-22H,1-2,10-18H2,3-7H3,(H,29,35)(H,30,32)/t19-,20-,21+,22+,28-/m1/s1. The fourth-order valence-corrected chi connectivity index (χ4v) is 4.82. The number of carbonyl (C=O) groups excluding carboxylic acids is 4. The summed E-state index contributed by atoms with van der Waals surface area (Å²) in [5, 5.41) is 5.61. The molecule has 0 aromatic carbocycles. The quantitative estimate of drug-likeness (QED) is 0.217. The summed E-state index contributed by atoms with van der Waals surface area (Å²) in [4.78, 5) is 53.9. The van der Waals surface area contributed by atoms with Gasteiger partial charge in [0.05, 0.1) is 6.61 Å². The van der Waals surface area contributed by atoms with E-state index in [4.69, 9.17) is 9.47 Å². The number of alkyl carbamates (subject to hydrolysis) is 1. The van der Waals surface area contributed by atoms with Crippen molar-refractivity contribution in [3.05, 3.63) is 25.3 Å². The third-order valence-corrected chi connectivity index (χ3v) is 6.77. The lowest BCUT2D eigenvalue weighted by Gasteiger charge is -2.30. The van der Waals surface area contributed by atoms with Gasteiger partial charge in [-0.2, -0.15) is 0 Å². The average molecular weight is 520 g/mol. The number of rotatable bonds is 13. The van der Waals surface area contributed by atoms with Crippen molar-refractivity contribution in [3.8, 4) is 0 Å². The van der Waals surface area contributed by atoms with Crippen molar-refractivity contribution < 1.29 is 28.7 Å². The summed E-state index contributed by atoms with van der Waals surface area (Å²) >= 11 is 0. The third kappa shape index (κ3) is 8.33. The van der Waals surface area contributed by atoms with Crippen LogP contribution >= 0.6 is 0 Å². The summed E-state index contributed by atoms with van der Waals surface area (Å²) in [6.07, 6.45) is 7.60. The molecule has 2 N–H and O–H groups in total. The highest BCUT2D eigenvalue weighted by Gasteiger charge is 2.62. The molecule has 1 heterocycles. The van der Waals surface area contributed by atoms with E-state index in [9.17, 15) is 19.2 Å². The Labute approximate surface area is 221 Å². The van der Waals surface area contributed by atoms with Crippen LogP contribution in [0.1, 0.15) is 79.6 Å². The van der Waals surface area contributed by atoms with Crippen LogP contribution in [0.5, 0.6) is 0 Å². The fourth-order valence-electron chi connectivity index (χ4n) is 4.82. The maximum atomic E-state index is 13.7. The Hall–Kier alpha value is -2.84. The lowest BCUT2D eigenvalue weighted by Crippen LogP contribution is -2.56. The van der Waals surface area contributed by atoms with E-state index < -0.39 is 41.2 Å². The smallest absolute Gasteiger partial charge is 0.408 e. The molecular formula is C28H45N3O6. The van der Waals surface area contributed by atoms with Crippen LogP contribution < -0.4 is 10.6 Å². The minimum absolute atomic E-state index is 0.0856. The molecular weight excluding hydrogens is 474 g/mol. The van der Waals surface area contributed by atoms with Crippen LogP contribution in [-0.4, -0.2) is 65.2 Å². The van der Waals surface area contributed by atoms with Gasteiger partial charge in [-0.05, 0) is 65.7 Å². The highest BCUT2D eigenvalue weighted by molar-refractivity contribution is 5.96. The lowest BCUT2D eigenvalue weighted by atomic mass is 10.0. The Morgan fingerprint density at radius 1 is 1.16 bits per heavy atom. The summed E-state index contributed by atoms with van der Waals surface area (Å²) in [6.45, 7) is 17.1. The number of unbranched alkanes of at least 4 members (excludes halogenated alkanes) is 3. The van der Waals surface area contributed by atoms with E-state index in [-0.39, 0.29) is 24.3 Å². The topological polar surface area (TPSA) is 114 Å². The van der Waals surface area contributed by atoms with Gasteiger partial charge in [0.25, 0.3) is 0 Å². The zero-order valence-corrected chi connectivity index (χ0v) is 23.1. The van der Waals surface area contributed by atoms with Gasteiger partial charge in [0.15, 0.2) is 0 Å². The van der Waals surface area contributed by atoms with Crippen molar-refractivity contribution in [2.24, 2.45) is 11.8 Å². The van der Waals surface area contributed by atoms with Gasteiger partial charge in [0.2, 0.25) is 11.8 Å². The van der Waals surface area contributed by atoms with Gasteiger partial charge < -0.3 is 25.0 Å². The van der Waals surface area contributed by atoms with Gasteiger partial charge in [0.1, 0.15) is 23.2 Å². The van der Waals surface area contributed by atoms with Gasteiger partial charge in [-0.3, -0.25) is 9.59 Å². The second-order valence-corrected chi connectivity index (χ2v) is 11.2. The van der Waals surface area contributed by atoms with Crippen LogP contribution in [-0.2, 0) is 23.9 Å². The predicted molar refractivity (Wildman–Crippen MR) is 142 cm³/mol. The maximum absolute atomic E-state index is 13.7. The van der Waals surface area contributed by atoms with Crippen LogP contribution in [0.4, 0.5) is 4.79 Å². The molecule has 1 aliphatic heterocycles. The van der Waals surface area contributed by atoms with E-state index in [0.29, 0.717) is 25.8 Å². The molecule has 208 valence electrons. The first-order valence-electron chi connectivity index (χ1n) is 13.4. The molecule has 3 amide bonds. The van der Waals surface area contributed by atoms with Crippen molar-refractivity contribution in [2.45, 2.75) is 103 Å². The van der Waals surface area contributed by atoms with Crippen LogP contribution in [0.25, 0.3) is 0 Å². The van der Waals surface area contributed by atoms with Crippen LogP contribution in [0.3, 0.4) is 0 Å². The van der Waals surface area contributed by atoms with Gasteiger partial charge in [-0.15, -0.1) is 13.2 Å². The van der Waals surface area contributed by atoms with E-state index >= 15 is 0 Å². The van der Waals surface area contributed by atoms with Gasteiger partial charge in [-0.1, -0.05) is 31.9 Å². The first kappa shape index (κ1) is 30.4. The molecule has 0 radical (unpaired) electrons. The SMILES string of the molecule is C=CCCCCC[C@H](NC(=O)OC(C)(C)C)C(=O)N1C[C@H](C)C[C@H]1C(=O)N[C@]1(C(=O)OCC)C[C@H]1C=C. The third-order valence-electron chi connectivity index (χ3n) is 6.77. The highest BCUT2D eigenvalue weighted by atomic mass is 16.6. The van der Waals surface area contributed by atoms with Crippen molar-refractivity contribution in [1.29, 1.82) is 0 Å². The van der Waals surface area contributed by atoms with Crippen molar-refractivity contribution in [3.63, 3.8) is 0 Å².